The molecule has 0 aromatic heterocycles. The molecule has 0 unspecified atom stereocenters. The number of rotatable bonds is 3. The maximum Gasteiger partial charge on any atom is 0.147 e. The first kappa shape index (κ1) is 11.8. The predicted molar refractivity (Wildman–Crippen MR) is 60.6 cm³/mol. The SMILES string of the molecule is COc1cc(F)c(C2(CN)CC2)c(F)c1Br. The Kier molecular flexibility index (Phi) is 2.92. The second-order valence-corrected chi connectivity index (χ2v) is 4.84. The molecule has 0 saturated heterocycles. The van der Waals surface area contributed by atoms with Gasteiger partial charge in [-0.2, -0.15) is 0 Å². The number of halogens is 3. The standard InChI is InChI=1S/C11H12BrF2NO/c1-16-7-4-6(13)8(10(14)9(7)12)11(5-15)2-3-11/h4H,2-3,5,15H2,1H3. The number of hydrogen-bond donors (Lipinski definition) is 1. The van der Waals surface area contributed by atoms with Gasteiger partial charge in [0.2, 0.25) is 0 Å². The van der Waals surface area contributed by atoms with E-state index in [2.05, 4.69) is 15.9 Å². The Morgan fingerprint density at radius 1 is 1.50 bits per heavy atom. The fourth-order valence-corrected chi connectivity index (χ4v) is 2.39. The molecule has 0 aliphatic heterocycles. The van der Waals surface area contributed by atoms with Crippen LogP contribution in [0.1, 0.15) is 18.4 Å². The summed E-state index contributed by atoms with van der Waals surface area (Å²) in [5.41, 5.74) is 5.15. The Bertz CT molecular complexity index is 432. The molecular weight excluding hydrogens is 280 g/mol. The smallest absolute Gasteiger partial charge is 0.147 e. The maximum absolute atomic E-state index is 14.0. The van der Waals surface area contributed by atoms with E-state index >= 15 is 0 Å². The summed E-state index contributed by atoms with van der Waals surface area (Å²) < 4.78 is 32.8. The molecule has 2 nitrogen and oxygen atoms in total. The van der Waals surface area contributed by atoms with Crippen molar-refractivity contribution in [1.29, 1.82) is 0 Å². The maximum atomic E-state index is 14.0. The molecule has 1 saturated carbocycles. The Labute approximate surface area is 101 Å². The highest BCUT2D eigenvalue weighted by Gasteiger charge is 2.47. The summed E-state index contributed by atoms with van der Waals surface area (Å²) in [6.45, 7) is 0.264. The van der Waals surface area contributed by atoms with Gasteiger partial charge in [-0.3, -0.25) is 0 Å². The minimum Gasteiger partial charge on any atom is -0.495 e. The summed E-state index contributed by atoms with van der Waals surface area (Å²) in [4.78, 5) is 0. The molecule has 5 heteroatoms. The fourth-order valence-electron chi connectivity index (χ4n) is 1.92. The van der Waals surface area contributed by atoms with Gasteiger partial charge in [-0.25, -0.2) is 8.78 Å². The van der Waals surface area contributed by atoms with E-state index in [4.69, 9.17) is 10.5 Å². The average molecular weight is 292 g/mol. The van der Waals surface area contributed by atoms with Gasteiger partial charge in [0.1, 0.15) is 17.4 Å². The minimum absolute atomic E-state index is 0.0858. The van der Waals surface area contributed by atoms with Crippen LogP contribution in [0.2, 0.25) is 0 Å². The number of methoxy groups -OCH3 is 1. The normalized spacial score (nSPS) is 17.3. The van der Waals surface area contributed by atoms with Crippen molar-refractivity contribution >= 4 is 15.9 Å². The van der Waals surface area contributed by atoms with Crippen LogP contribution in [0, 0.1) is 11.6 Å². The van der Waals surface area contributed by atoms with Crippen molar-refractivity contribution in [1.82, 2.24) is 0 Å². The van der Waals surface area contributed by atoms with Gasteiger partial charge < -0.3 is 10.5 Å². The van der Waals surface area contributed by atoms with Gasteiger partial charge in [0, 0.05) is 23.6 Å². The van der Waals surface area contributed by atoms with Gasteiger partial charge in [0.15, 0.2) is 0 Å². The van der Waals surface area contributed by atoms with Crippen molar-refractivity contribution in [2.75, 3.05) is 13.7 Å². The third-order valence-electron chi connectivity index (χ3n) is 3.12. The van der Waals surface area contributed by atoms with Crippen molar-refractivity contribution in [2.24, 2.45) is 5.73 Å². The Hall–Kier alpha value is -0.680. The minimum atomic E-state index is -0.597. The van der Waals surface area contributed by atoms with Gasteiger partial charge in [0.05, 0.1) is 11.6 Å². The Morgan fingerprint density at radius 2 is 2.12 bits per heavy atom. The zero-order valence-corrected chi connectivity index (χ0v) is 10.4. The van der Waals surface area contributed by atoms with Crippen molar-refractivity contribution < 1.29 is 13.5 Å². The van der Waals surface area contributed by atoms with E-state index in [9.17, 15) is 8.78 Å². The molecule has 2 rings (SSSR count). The predicted octanol–water partition coefficient (Wildman–Crippen LogP) is 2.73. The van der Waals surface area contributed by atoms with Crippen LogP contribution in [0.4, 0.5) is 8.78 Å². The first-order valence-corrected chi connectivity index (χ1v) is 5.77. The summed E-state index contributed by atoms with van der Waals surface area (Å²) in [7, 11) is 1.37. The van der Waals surface area contributed by atoms with Gasteiger partial charge >= 0.3 is 0 Å². The summed E-state index contributed by atoms with van der Waals surface area (Å²) >= 11 is 3.07. The lowest BCUT2D eigenvalue weighted by molar-refractivity contribution is 0.399. The van der Waals surface area contributed by atoms with Crippen LogP contribution < -0.4 is 10.5 Å². The Morgan fingerprint density at radius 3 is 2.56 bits per heavy atom. The molecule has 1 aliphatic carbocycles. The highest BCUT2D eigenvalue weighted by molar-refractivity contribution is 9.10. The quantitative estimate of drug-likeness (QED) is 0.869. The van der Waals surface area contributed by atoms with E-state index in [0.29, 0.717) is 0 Å². The van der Waals surface area contributed by atoms with Crippen LogP contribution >= 0.6 is 15.9 Å². The second-order valence-electron chi connectivity index (χ2n) is 4.05. The first-order valence-electron chi connectivity index (χ1n) is 4.98. The van der Waals surface area contributed by atoms with E-state index in [0.717, 1.165) is 12.8 Å². The lowest BCUT2D eigenvalue weighted by Gasteiger charge is -2.17. The average Bonchev–Trinajstić information content (AvgIpc) is 3.04. The summed E-state index contributed by atoms with van der Waals surface area (Å²) in [5.74, 6) is -1.02. The molecular formula is C11H12BrF2NO. The van der Waals surface area contributed by atoms with Crippen molar-refractivity contribution in [2.45, 2.75) is 18.3 Å². The highest BCUT2D eigenvalue weighted by atomic mass is 79.9. The van der Waals surface area contributed by atoms with Gasteiger partial charge in [-0.15, -0.1) is 0 Å². The molecule has 0 amide bonds. The molecule has 1 fully saturated rings. The molecule has 88 valence electrons. The van der Waals surface area contributed by atoms with E-state index in [1.54, 1.807) is 0 Å². The molecule has 0 spiro atoms. The van der Waals surface area contributed by atoms with E-state index in [1.807, 2.05) is 0 Å². The van der Waals surface area contributed by atoms with Crippen molar-refractivity contribution in [3.8, 4) is 5.75 Å². The molecule has 16 heavy (non-hydrogen) atoms. The number of nitrogens with two attached hydrogens (primary N) is 1. The number of hydrogen-bond acceptors (Lipinski definition) is 2. The molecule has 0 heterocycles. The zero-order chi connectivity index (χ0) is 11.9. The first-order chi connectivity index (χ1) is 7.55. The van der Waals surface area contributed by atoms with Gasteiger partial charge in [-0.1, -0.05) is 0 Å². The molecule has 0 bridgehead atoms. The highest BCUT2D eigenvalue weighted by Crippen LogP contribution is 2.51. The summed E-state index contributed by atoms with van der Waals surface area (Å²) in [6, 6.07) is 1.19. The lowest BCUT2D eigenvalue weighted by atomic mass is 9.95. The fraction of sp³-hybridized carbons (Fsp3) is 0.455. The second kappa shape index (κ2) is 3.96. The molecule has 0 radical (unpaired) electrons. The number of benzene rings is 1. The molecule has 0 atom stereocenters. The Balaban J connectivity index is 2.59. The number of ether oxygens (including phenoxy) is 1. The van der Waals surface area contributed by atoms with Gasteiger partial charge in [0.25, 0.3) is 0 Å². The third-order valence-corrected chi connectivity index (χ3v) is 3.86. The van der Waals surface area contributed by atoms with Gasteiger partial charge in [-0.05, 0) is 28.8 Å². The van der Waals surface area contributed by atoms with Crippen LogP contribution in [-0.2, 0) is 5.41 Å². The van der Waals surface area contributed by atoms with Crippen LogP contribution in [0.15, 0.2) is 10.5 Å². The van der Waals surface area contributed by atoms with Crippen LogP contribution in [-0.4, -0.2) is 13.7 Å². The van der Waals surface area contributed by atoms with Crippen LogP contribution in [0.25, 0.3) is 0 Å². The molecule has 1 aromatic rings. The van der Waals surface area contributed by atoms with E-state index in [-0.39, 0.29) is 22.3 Å². The largest absolute Gasteiger partial charge is 0.495 e. The summed E-state index contributed by atoms with van der Waals surface area (Å²) in [6.07, 6.45) is 1.46. The third kappa shape index (κ3) is 1.62. The zero-order valence-electron chi connectivity index (χ0n) is 8.82. The molecule has 2 N–H and O–H groups in total. The monoisotopic (exact) mass is 291 g/mol. The molecule has 1 aromatic carbocycles. The lowest BCUT2D eigenvalue weighted by Crippen LogP contribution is -2.23. The topological polar surface area (TPSA) is 35.2 Å². The van der Waals surface area contributed by atoms with E-state index in [1.165, 1.54) is 13.2 Å². The van der Waals surface area contributed by atoms with E-state index < -0.39 is 17.0 Å². The molecule has 1 aliphatic rings. The summed E-state index contributed by atoms with van der Waals surface area (Å²) in [5, 5.41) is 0. The van der Waals surface area contributed by atoms with Crippen LogP contribution in [0.5, 0.6) is 5.75 Å². The van der Waals surface area contributed by atoms with Crippen molar-refractivity contribution in [3.63, 3.8) is 0 Å². The van der Waals surface area contributed by atoms with Crippen LogP contribution in [0.3, 0.4) is 0 Å². The van der Waals surface area contributed by atoms with Crippen molar-refractivity contribution in [3.05, 3.63) is 27.7 Å².